The van der Waals surface area contributed by atoms with Gasteiger partial charge in [-0.15, -0.1) is 0 Å². The fourth-order valence-electron chi connectivity index (χ4n) is 1.01. The molecule has 1 rings (SSSR count). The first-order valence-electron chi connectivity index (χ1n) is 3.48. The maximum atomic E-state index is 12.3. The minimum Gasteiger partial charge on any atom is -0.462 e. The van der Waals surface area contributed by atoms with Crippen LogP contribution < -0.4 is 5.38 Å². The van der Waals surface area contributed by atoms with Crippen molar-refractivity contribution in [2.75, 3.05) is 0 Å². The Hall–Kier alpha value is -0.713. The molecule has 0 unspecified atom stereocenters. The van der Waals surface area contributed by atoms with Crippen molar-refractivity contribution in [3.63, 3.8) is 0 Å². The second-order valence-corrected chi connectivity index (χ2v) is 4.18. The van der Waals surface area contributed by atoms with Crippen molar-refractivity contribution in [1.82, 2.24) is 0 Å². The van der Waals surface area contributed by atoms with Gasteiger partial charge in [-0.05, 0) is 31.9 Å². The van der Waals surface area contributed by atoms with E-state index in [1.165, 1.54) is 6.92 Å². The molecule has 5 heteroatoms. The molecule has 0 aliphatic carbocycles. The molecular formula is C7H9F3OSi. The Bertz CT molecular complexity index is 300. The summed E-state index contributed by atoms with van der Waals surface area (Å²) in [6.45, 7) is 4.63. The van der Waals surface area contributed by atoms with Gasteiger partial charge in [0.1, 0.15) is 5.76 Å². The lowest BCUT2D eigenvalue weighted by atomic mass is 10.2. The number of furan rings is 1. The third-order valence-electron chi connectivity index (χ3n) is 1.94. The molecule has 0 saturated heterocycles. The highest BCUT2D eigenvalue weighted by Gasteiger charge is 2.46. The van der Waals surface area contributed by atoms with E-state index in [1.807, 2.05) is 0 Å². The zero-order valence-corrected chi connectivity index (χ0v) is 8.04. The molecule has 12 heavy (non-hydrogen) atoms. The van der Waals surface area contributed by atoms with Crippen LogP contribution in [0.5, 0.6) is 0 Å². The third-order valence-corrected chi connectivity index (χ3v) is 2.94. The lowest BCUT2D eigenvalue weighted by Crippen LogP contribution is -2.34. The zero-order chi connectivity index (χ0) is 9.52. The second-order valence-electron chi connectivity index (χ2n) is 2.74. The number of hydrogen-bond donors (Lipinski definition) is 0. The first-order chi connectivity index (χ1) is 5.34. The van der Waals surface area contributed by atoms with E-state index in [9.17, 15) is 12.3 Å². The largest absolute Gasteiger partial charge is 0.691 e. The van der Waals surface area contributed by atoms with Crippen LogP contribution in [0.15, 0.2) is 4.42 Å². The van der Waals surface area contributed by atoms with Crippen LogP contribution in [-0.4, -0.2) is 9.08 Å². The van der Waals surface area contributed by atoms with Gasteiger partial charge >= 0.3 is 9.08 Å². The molecule has 0 atom stereocenters. The molecule has 1 nitrogen and oxygen atoms in total. The molecule has 0 radical (unpaired) electrons. The van der Waals surface area contributed by atoms with E-state index in [0.717, 1.165) is 0 Å². The molecule has 0 bridgehead atoms. The van der Waals surface area contributed by atoms with Gasteiger partial charge in [0, 0.05) is 0 Å². The van der Waals surface area contributed by atoms with Crippen LogP contribution in [0.2, 0.25) is 0 Å². The molecule has 1 heterocycles. The molecule has 1 aromatic heterocycles. The van der Waals surface area contributed by atoms with E-state index < -0.39 is 14.5 Å². The average Bonchev–Trinajstić information content (AvgIpc) is 2.15. The average molecular weight is 194 g/mol. The van der Waals surface area contributed by atoms with E-state index in [4.69, 9.17) is 0 Å². The molecule has 0 saturated carbocycles. The van der Waals surface area contributed by atoms with Crippen LogP contribution in [0.25, 0.3) is 0 Å². The van der Waals surface area contributed by atoms with E-state index in [2.05, 4.69) is 4.42 Å². The normalized spacial score (nSPS) is 12.2. The summed E-state index contributed by atoms with van der Waals surface area (Å²) < 4.78 is 41.5. The van der Waals surface area contributed by atoms with Gasteiger partial charge in [0.15, 0.2) is 5.38 Å². The second kappa shape index (κ2) is 2.65. The molecule has 0 spiro atoms. The van der Waals surface area contributed by atoms with Crippen LogP contribution >= 0.6 is 0 Å². The van der Waals surface area contributed by atoms with Crippen LogP contribution in [0.4, 0.5) is 12.3 Å². The van der Waals surface area contributed by atoms with Gasteiger partial charge in [-0.25, -0.2) is 12.3 Å². The van der Waals surface area contributed by atoms with Crippen molar-refractivity contribution in [1.29, 1.82) is 0 Å². The fraction of sp³-hybridized carbons (Fsp3) is 0.429. The van der Waals surface area contributed by atoms with Crippen LogP contribution in [0.3, 0.4) is 0 Å². The molecule has 0 aromatic carbocycles. The fourth-order valence-corrected chi connectivity index (χ4v) is 1.89. The zero-order valence-electron chi connectivity index (χ0n) is 7.04. The van der Waals surface area contributed by atoms with Crippen molar-refractivity contribution < 1.29 is 16.7 Å². The van der Waals surface area contributed by atoms with Crippen molar-refractivity contribution in [3.05, 3.63) is 16.9 Å². The third kappa shape index (κ3) is 1.41. The van der Waals surface area contributed by atoms with Gasteiger partial charge in [-0.1, -0.05) is 0 Å². The van der Waals surface area contributed by atoms with Crippen molar-refractivity contribution in [2.45, 2.75) is 20.8 Å². The lowest BCUT2D eigenvalue weighted by Gasteiger charge is -1.98. The Morgan fingerprint density at radius 2 is 1.50 bits per heavy atom. The SMILES string of the molecule is Cc1oc([Si](F)(F)F)c(C)c1C. The predicted molar refractivity (Wildman–Crippen MR) is 41.6 cm³/mol. The van der Waals surface area contributed by atoms with Gasteiger partial charge in [0.05, 0.1) is 0 Å². The summed E-state index contributed by atoms with van der Waals surface area (Å²) in [6.07, 6.45) is 0. The highest BCUT2D eigenvalue weighted by atomic mass is 28.5. The topological polar surface area (TPSA) is 13.1 Å². The Morgan fingerprint density at radius 1 is 1.00 bits per heavy atom. The first kappa shape index (κ1) is 9.38. The molecule has 1 aromatic rings. The van der Waals surface area contributed by atoms with Crippen LogP contribution in [0.1, 0.15) is 16.9 Å². The Balaban J connectivity index is 3.28. The molecule has 0 N–H and O–H groups in total. The molecular weight excluding hydrogens is 185 g/mol. The summed E-state index contributed by atoms with van der Waals surface area (Å²) in [5, 5.41) is -0.738. The molecule has 0 aliphatic rings. The molecule has 0 aliphatic heterocycles. The molecule has 0 amide bonds. The highest BCUT2D eigenvalue weighted by Crippen LogP contribution is 2.18. The maximum absolute atomic E-state index is 12.3. The summed E-state index contributed by atoms with van der Waals surface area (Å²) in [5.74, 6) is 0.368. The number of hydrogen-bond acceptors (Lipinski definition) is 1. The number of rotatable bonds is 1. The highest BCUT2D eigenvalue weighted by molar-refractivity contribution is 6.72. The monoisotopic (exact) mass is 194 g/mol. The smallest absolute Gasteiger partial charge is 0.462 e. The van der Waals surface area contributed by atoms with Gasteiger partial charge in [-0.2, -0.15) is 0 Å². The minimum atomic E-state index is -5.76. The molecule has 68 valence electrons. The van der Waals surface area contributed by atoms with Gasteiger partial charge in [0.2, 0.25) is 0 Å². The minimum absolute atomic E-state index is 0.242. The van der Waals surface area contributed by atoms with Crippen molar-refractivity contribution in [2.24, 2.45) is 0 Å². The summed E-state index contributed by atoms with van der Waals surface area (Å²) in [5.41, 5.74) is 0.849. The Morgan fingerprint density at radius 3 is 1.67 bits per heavy atom. The summed E-state index contributed by atoms with van der Waals surface area (Å²) in [4.78, 5) is 0. The number of aryl methyl sites for hydroxylation is 1. The van der Waals surface area contributed by atoms with Crippen LogP contribution in [0, 0.1) is 20.8 Å². The summed E-state index contributed by atoms with van der Waals surface area (Å²) >= 11 is 0. The number of halogens is 3. The van der Waals surface area contributed by atoms with E-state index in [1.54, 1.807) is 13.8 Å². The van der Waals surface area contributed by atoms with Gasteiger partial charge < -0.3 is 4.42 Å². The quantitative estimate of drug-likeness (QED) is 0.493. The first-order valence-corrected chi connectivity index (χ1v) is 5.11. The standard InChI is InChI=1S/C7H9F3OSi/c1-4-5(2)7(11-6(4)3)12(8,9)10/h1-3H3. The van der Waals surface area contributed by atoms with Gasteiger partial charge in [-0.3, -0.25) is 0 Å². The summed E-state index contributed by atoms with van der Waals surface area (Å²) in [6, 6.07) is 0. The van der Waals surface area contributed by atoms with Crippen LogP contribution in [-0.2, 0) is 0 Å². The van der Waals surface area contributed by atoms with Crippen molar-refractivity contribution in [3.8, 4) is 0 Å². The Labute approximate surface area is 69.7 Å². The molecule has 0 fully saturated rings. The van der Waals surface area contributed by atoms with E-state index in [0.29, 0.717) is 11.3 Å². The maximum Gasteiger partial charge on any atom is 0.691 e. The lowest BCUT2D eigenvalue weighted by molar-refractivity contribution is 0.457. The summed E-state index contributed by atoms with van der Waals surface area (Å²) in [7, 11) is -5.76. The van der Waals surface area contributed by atoms with E-state index in [-0.39, 0.29) is 5.56 Å². The van der Waals surface area contributed by atoms with Crippen molar-refractivity contribution >= 4 is 14.5 Å². The van der Waals surface area contributed by atoms with Gasteiger partial charge in [0.25, 0.3) is 0 Å². The Kier molecular flexibility index (Phi) is 2.07. The predicted octanol–water partition coefficient (Wildman–Crippen LogP) is 2.26. The van der Waals surface area contributed by atoms with E-state index >= 15 is 0 Å².